The molecule has 164 valence electrons. The van der Waals surface area contributed by atoms with Gasteiger partial charge in [-0.05, 0) is 44.0 Å². The first-order valence-electron chi connectivity index (χ1n) is 10.7. The Morgan fingerprint density at radius 3 is 2.35 bits per heavy atom. The van der Waals surface area contributed by atoms with Crippen LogP contribution in [0.1, 0.15) is 59.1 Å². The molecule has 1 aliphatic rings. The predicted octanol–water partition coefficient (Wildman–Crippen LogP) is 5.01. The standard InChI is InChI=1S/C23H28ClN5O2/c1-13(30)16-7-5-6-8-17(16)22(31)25-15-11-9-14(10-12-15)20-26-21-18(24)19(23(2,3)4)27-29(21)28-20/h9-12,16-17,27H,5-8H2,1-4H3,(H,25,31). The molecule has 0 bridgehead atoms. The van der Waals surface area contributed by atoms with Crippen molar-refractivity contribution < 1.29 is 9.59 Å². The van der Waals surface area contributed by atoms with Crippen LogP contribution in [0, 0.1) is 11.8 Å². The molecule has 1 saturated carbocycles. The number of amides is 1. The van der Waals surface area contributed by atoms with E-state index in [0.717, 1.165) is 36.9 Å². The Kier molecular flexibility index (Phi) is 5.64. The SMILES string of the molecule is CC(=O)C1CCCCC1C(=O)Nc1ccc(-c2nc3c(Cl)c(C(C)(C)C)[nH]n3n2)cc1. The number of anilines is 1. The third-order valence-electron chi connectivity index (χ3n) is 6.03. The molecule has 1 fully saturated rings. The molecule has 2 atom stereocenters. The number of carbonyl (C=O) groups is 2. The van der Waals surface area contributed by atoms with Gasteiger partial charge in [-0.1, -0.05) is 45.2 Å². The summed E-state index contributed by atoms with van der Waals surface area (Å²) in [5.74, 6) is 0.150. The zero-order valence-corrected chi connectivity index (χ0v) is 19.1. The Bertz CT molecular complexity index is 1120. The summed E-state index contributed by atoms with van der Waals surface area (Å²) in [4.78, 5) is 29.2. The average molecular weight is 442 g/mol. The molecule has 0 aliphatic heterocycles. The number of hydrogen-bond donors (Lipinski definition) is 2. The number of Topliss-reactive ketones (excluding diaryl/α,β-unsaturated/α-hetero) is 1. The highest BCUT2D eigenvalue weighted by molar-refractivity contribution is 6.34. The quantitative estimate of drug-likeness (QED) is 0.595. The van der Waals surface area contributed by atoms with E-state index in [1.807, 2.05) is 24.3 Å². The molecule has 4 rings (SSSR count). The minimum Gasteiger partial charge on any atom is -0.326 e. The monoisotopic (exact) mass is 441 g/mol. The summed E-state index contributed by atoms with van der Waals surface area (Å²) < 4.78 is 1.60. The van der Waals surface area contributed by atoms with Gasteiger partial charge in [0.15, 0.2) is 11.5 Å². The van der Waals surface area contributed by atoms with Crippen LogP contribution in [0.25, 0.3) is 17.0 Å². The van der Waals surface area contributed by atoms with Crippen molar-refractivity contribution in [2.75, 3.05) is 5.32 Å². The molecule has 2 unspecified atom stereocenters. The van der Waals surface area contributed by atoms with Crippen LogP contribution >= 0.6 is 11.6 Å². The van der Waals surface area contributed by atoms with Crippen molar-refractivity contribution in [3.8, 4) is 11.4 Å². The summed E-state index contributed by atoms with van der Waals surface area (Å²) >= 11 is 6.51. The lowest BCUT2D eigenvalue weighted by Crippen LogP contribution is -2.35. The molecule has 2 N–H and O–H groups in total. The van der Waals surface area contributed by atoms with E-state index in [1.54, 1.807) is 11.6 Å². The van der Waals surface area contributed by atoms with Gasteiger partial charge in [0.2, 0.25) is 5.91 Å². The molecule has 3 aromatic rings. The van der Waals surface area contributed by atoms with Gasteiger partial charge in [0.1, 0.15) is 10.8 Å². The number of H-pyrrole nitrogens is 1. The number of fused-ring (bicyclic) bond motifs is 1. The van der Waals surface area contributed by atoms with E-state index >= 15 is 0 Å². The third kappa shape index (κ3) is 4.24. The Morgan fingerprint density at radius 1 is 1.13 bits per heavy atom. The average Bonchev–Trinajstić information content (AvgIpc) is 3.28. The van der Waals surface area contributed by atoms with Crippen LogP contribution in [0.2, 0.25) is 5.02 Å². The number of aromatic nitrogens is 4. The van der Waals surface area contributed by atoms with Crippen LogP contribution in [0.5, 0.6) is 0 Å². The number of aromatic amines is 1. The van der Waals surface area contributed by atoms with Gasteiger partial charge in [0.25, 0.3) is 0 Å². The van der Waals surface area contributed by atoms with Crippen LogP contribution in [0.4, 0.5) is 5.69 Å². The largest absolute Gasteiger partial charge is 0.326 e. The first kappa shape index (κ1) is 21.6. The molecule has 31 heavy (non-hydrogen) atoms. The summed E-state index contributed by atoms with van der Waals surface area (Å²) in [5, 5.41) is 11.3. The molecule has 1 aromatic carbocycles. The molecule has 2 heterocycles. The van der Waals surface area contributed by atoms with Crippen molar-refractivity contribution in [1.82, 2.24) is 19.8 Å². The van der Waals surface area contributed by atoms with Crippen molar-refractivity contribution >= 4 is 34.6 Å². The maximum Gasteiger partial charge on any atom is 0.228 e. The van der Waals surface area contributed by atoms with Crippen LogP contribution < -0.4 is 5.32 Å². The molecular formula is C23H28ClN5O2. The maximum absolute atomic E-state index is 12.8. The summed E-state index contributed by atoms with van der Waals surface area (Å²) in [5.41, 5.74) is 2.85. The second kappa shape index (κ2) is 8.11. The Hall–Kier alpha value is -2.67. The fourth-order valence-electron chi connectivity index (χ4n) is 4.29. The van der Waals surface area contributed by atoms with E-state index in [0.29, 0.717) is 22.2 Å². The zero-order valence-electron chi connectivity index (χ0n) is 18.3. The molecule has 0 spiro atoms. The first-order chi connectivity index (χ1) is 14.6. The summed E-state index contributed by atoms with van der Waals surface area (Å²) in [6.45, 7) is 7.80. The topological polar surface area (TPSA) is 92.1 Å². The van der Waals surface area contributed by atoms with Crippen LogP contribution in [0.15, 0.2) is 24.3 Å². The Balaban J connectivity index is 1.50. The summed E-state index contributed by atoms with van der Waals surface area (Å²) in [6.07, 6.45) is 3.55. The van der Waals surface area contributed by atoms with E-state index in [9.17, 15) is 9.59 Å². The number of hydrogen-bond acceptors (Lipinski definition) is 4. The smallest absolute Gasteiger partial charge is 0.228 e. The summed E-state index contributed by atoms with van der Waals surface area (Å²) in [6, 6.07) is 7.39. The van der Waals surface area contributed by atoms with E-state index in [4.69, 9.17) is 11.6 Å². The van der Waals surface area contributed by atoms with E-state index in [1.165, 1.54) is 0 Å². The number of nitrogens with zero attached hydrogens (tertiary/aromatic N) is 3. The van der Waals surface area contributed by atoms with E-state index in [2.05, 4.69) is 41.3 Å². The van der Waals surface area contributed by atoms with Crippen molar-refractivity contribution in [1.29, 1.82) is 0 Å². The van der Waals surface area contributed by atoms with Gasteiger partial charge in [-0.25, -0.2) is 4.98 Å². The second-order valence-corrected chi connectivity index (χ2v) is 9.77. The summed E-state index contributed by atoms with van der Waals surface area (Å²) in [7, 11) is 0. The van der Waals surface area contributed by atoms with Crippen molar-refractivity contribution in [2.24, 2.45) is 11.8 Å². The maximum atomic E-state index is 12.8. The van der Waals surface area contributed by atoms with Crippen molar-refractivity contribution in [3.05, 3.63) is 35.0 Å². The van der Waals surface area contributed by atoms with Gasteiger partial charge >= 0.3 is 0 Å². The van der Waals surface area contributed by atoms with E-state index in [-0.39, 0.29) is 28.9 Å². The lowest BCUT2D eigenvalue weighted by Gasteiger charge is -2.28. The first-order valence-corrected chi connectivity index (χ1v) is 11.1. The van der Waals surface area contributed by atoms with Crippen molar-refractivity contribution in [3.63, 3.8) is 0 Å². The minimum atomic E-state index is -0.249. The molecule has 0 radical (unpaired) electrons. The molecule has 1 amide bonds. The molecule has 1 aliphatic carbocycles. The molecular weight excluding hydrogens is 414 g/mol. The Morgan fingerprint density at radius 2 is 1.77 bits per heavy atom. The third-order valence-corrected chi connectivity index (χ3v) is 6.38. The molecule has 2 aromatic heterocycles. The normalized spacial score (nSPS) is 19.5. The van der Waals surface area contributed by atoms with Gasteiger partial charge in [-0.15, -0.1) is 5.10 Å². The second-order valence-electron chi connectivity index (χ2n) is 9.40. The van der Waals surface area contributed by atoms with Crippen LogP contribution in [-0.4, -0.2) is 31.5 Å². The molecule has 8 heteroatoms. The van der Waals surface area contributed by atoms with Gasteiger partial charge in [-0.3, -0.25) is 14.7 Å². The van der Waals surface area contributed by atoms with Crippen LogP contribution in [0.3, 0.4) is 0 Å². The number of nitrogens with one attached hydrogen (secondary N) is 2. The molecule has 0 saturated heterocycles. The predicted molar refractivity (Wildman–Crippen MR) is 121 cm³/mol. The lowest BCUT2D eigenvalue weighted by molar-refractivity contribution is -0.131. The number of halogens is 1. The number of carbonyl (C=O) groups excluding carboxylic acids is 2. The number of rotatable bonds is 4. The van der Waals surface area contributed by atoms with Gasteiger partial charge in [-0.2, -0.15) is 4.63 Å². The zero-order chi connectivity index (χ0) is 22.3. The highest BCUT2D eigenvalue weighted by atomic mass is 35.5. The fourth-order valence-corrected chi connectivity index (χ4v) is 4.74. The van der Waals surface area contributed by atoms with Crippen molar-refractivity contribution in [2.45, 2.75) is 58.8 Å². The van der Waals surface area contributed by atoms with Gasteiger partial charge in [0, 0.05) is 28.5 Å². The highest BCUT2D eigenvalue weighted by Crippen LogP contribution is 2.33. The Labute approximate surface area is 186 Å². The fraction of sp³-hybridized carbons (Fsp3) is 0.478. The highest BCUT2D eigenvalue weighted by Gasteiger charge is 2.33. The number of benzene rings is 1. The van der Waals surface area contributed by atoms with Gasteiger partial charge < -0.3 is 5.32 Å². The number of ketones is 1. The van der Waals surface area contributed by atoms with Crippen LogP contribution in [-0.2, 0) is 15.0 Å². The lowest BCUT2D eigenvalue weighted by atomic mass is 9.76. The minimum absolute atomic E-state index is 0.0810. The van der Waals surface area contributed by atoms with Gasteiger partial charge in [0.05, 0.1) is 5.69 Å². The van der Waals surface area contributed by atoms with E-state index < -0.39 is 0 Å². The molecule has 7 nitrogen and oxygen atoms in total.